The van der Waals surface area contributed by atoms with Crippen molar-refractivity contribution in [2.24, 2.45) is 0 Å². The molecule has 2 aromatic carbocycles. The molecule has 20 heavy (non-hydrogen) atoms. The molecule has 4 rings (SSSR count). The minimum Gasteiger partial charge on any atom is -0.366 e. The van der Waals surface area contributed by atoms with Gasteiger partial charge in [-0.1, -0.05) is 36.4 Å². The molecule has 0 radical (unpaired) electrons. The van der Waals surface area contributed by atoms with Crippen LogP contribution < -0.4 is 0 Å². The molecule has 1 aliphatic heterocycles. The van der Waals surface area contributed by atoms with Gasteiger partial charge in [-0.25, -0.2) is 0 Å². The first-order valence-corrected chi connectivity index (χ1v) is 7.33. The van der Waals surface area contributed by atoms with Crippen molar-refractivity contribution in [2.45, 2.75) is 31.1 Å². The van der Waals surface area contributed by atoms with Gasteiger partial charge in [0.2, 0.25) is 0 Å². The number of benzene rings is 2. The van der Waals surface area contributed by atoms with Crippen LogP contribution in [0.4, 0.5) is 0 Å². The number of likely N-dealkylation sites (tertiary alicyclic amines) is 1. The van der Waals surface area contributed by atoms with Gasteiger partial charge >= 0.3 is 0 Å². The summed E-state index contributed by atoms with van der Waals surface area (Å²) in [6.45, 7) is 1.50. The van der Waals surface area contributed by atoms with Gasteiger partial charge in [0.1, 0.15) is 0 Å². The van der Waals surface area contributed by atoms with Crippen molar-refractivity contribution in [1.82, 2.24) is 4.90 Å². The third kappa shape index (κ3) is 1.85. The van der Waals surface area contributed by atoms with Crippen molar-refractivity contribution < 1.29 is 10.2 Å². The first-order chi connectivity index (χ1) is 9.64. The Morgan fingerprint density at radius 2 is 1.70 bits per heavy atom. The van der Waals surface area contributed by atoms with Gasteiger partial charge in [-0.15, -0.1) is 0 Å². The lowest BCUT2D eigenvalue weighted by atomic mass is 9.99. The highest BCUT2D eigenvalue weighted by Gasteiger charge is 2.35. The molecule has 3 heteroatoms. The molecule has 0 aromatic heterocycles. The van der Waals surface area contributed by atoms with Crippen molar-refractivity contribution in [2.75, 3.05) is 13.1 Å². The molecule has 2 N–H and O–H groups in total. The fourth-order valence-electron chi connectivity index (χ4n) is 3.74. The maximum Gasteiger partial charge on any atom is 0.164 e. The Bertz CT molecular complexity index is 650. The maximum absolute atomic E-state index is 9.69. The largest absolute Gasteiger partial charge is 0.366 e. The molecule has 3 nitrogen and oxygen atoms in total. The lowest BCUT2D eigenvalue weighted by molar-refractivity contribution is -0.191. The Morgan fingerprint density at radius 3 is 2.45 bits per heavy atom. The van der Waals surface area contributed by atoms with E-state index in [4.69, 9.17) is 0 Å². The van der Waals surface area contributed by atoms with E-state index in [9.17, 15) is 10.2 Å². The minimum atomic E-state index is -1.46. The van der Waals surface area contributed by atoms with Gasteiger partial charge in [-0.3, -0.25) is 4.90 Å². The topological polar surface area (TPSA) is 43.7 Å². The molecule has 1 saturated heterocycles. The highest BCUT2D eigenvalue weighted by atomic mass is 16.5. The summed E-state index contributed by atoms with van der Waals surface area (Å²) in [7, 11) is 0. The SMILES string of the molecule is OC1(O)CCN(C2Cc3cccc4cccc2c34)CC1. The summed E-state index contributed by atoms with van der Waals surface area (Å²) in [6.07, 6.45) is 1.92. The fourth-order valence-corrected chi connectivity index (χ4v) is 3.74. The van der Waals surface area contributed by atoms with Gasteiger partial charge in [0.15, 0.2) is 5.79 Å². The van der Waals surface area contributed by atoms with Crippen LogP contribution in [0.1, 0.15) is 30.0 Å². The van der Waals surface area contributed by atoms with E-state index in [1.807, 2.05) is 0 Å². The summed E-state index contributed by atoms with van der Waals surface area (Å²) in [5.74, 6) is -1.46. The smallest absolute Gasteiger partial charge is 0.164 e. The second kappa shape index (κ2) is 4.29. The van der Waals surface area contributed by atoms with Crippen LogP contribution >= 0.6 is 0 Å². The zero-order valence-electron chi connectivity index (χ0n) is 11.4. The number of rotatable bonds is 1. The predicted octanol–water partition coefficient (Wildman–Crippen LogP) is 2.21. The first kappa shape index (κ1) is 12.3. The van der Waals surface area contributed by atoms with Gasteiger partial charge < -0.3 is 10.2 Å². The van der Waals surface area contributed by atoms with E-state index in [1.54, 1.807) is 0 Å². The van der Waals surface area contributed by atoms with Crippen LogP contribution in [0.15, 0.2) is 36.4 Å². The first-order valence-electron chi connectivity index (χ1n) is 7.33. The molecule has 1 fully saturated rings. The monoisotopic (exact) mass is 269 g/mol. The van der Waals surface area contributed by atoms with Gasteiger partial charge in [-0.2, -0.15) is 0 Å². The van der Waals surface area contributed by atoms with E-state index in [-0.39, 0.29) is 0 Å². The summed E-state index contributed by atoms with van der Waals surface area (Å²) in [4.78, 5) is 2.40. The Kier molecular flexibility index (Phi) is 2.64. The molecule has 0 saturated carbocycles. The molecule has 0 spiro atoms. The number of piperidine rings is 1. The lowest BCUT2D eigenvalue weighted by Crippen LogP contribution is -2.45. The molecule has 1 unspecified atom stereocenters. The minimum absolute atomic E-state index is 0.396. The van der Waals surface area contributed by atoms with Gasteiger partial charge in [0.25, 0.3) is 0 Å². The molecule has 0 amide bonds. The van der Waals surface area contributed by atoms with E-state index in [1.165, 1.54) is 21.9 Å². The van der Waals surface area contributed by atoms with Crippen LogP contribution in [0.3, 0.4) is 0 Å². The van der Waals surface area contributed by atoms with Gasteiger partial charge in [-0.05, 0) is 28.3 Å². The summed E-state index contributed by atoms with van der Waals surface area (Å²) in [6, 6.07) is 13.5. The zero-order chi connectivity index (χ0) is 13.7. The maximum atomic E-state index is 9.69. The van der Waals surface area contributed by atoms with E-state index in [0.717, 1.165) is 19.5 Å². The number of aliphatic hydroxyl groups is 2. The third-order valence-corrected chi connectivity index (χ3v) is 4.84. The zero-order valence-corrected chi connectivity index (χ0v) is 11.4. The predicted molar refractivity (Wildman–Crippen MR) is 78.4 cm³/mol. The van der Waals surface area contributed by atoms with Crippen molar-refractivity contribution in [1.29, 1.82) is 0 Å². The molecular weight excluding hydrogens is 250 g/mol. The van der Waals surface area contributed by atoms with Gasteiger partial charge in [0, 0.05) is 32.0 Å². The lowest BCUT2D eigenvalue weighted by Gasteiger charge is -2.38. The number of hydrogen-bond donors (Lipinski definition) is 2. The molecule has 2 aromatic rings. The summed E-state index contributed by atoms with van der Waals surface area (Å²) in [5.41, 5.74) is 2.83. The normalized spacial score (nSPS) is 25.2. The molecule has 1 aliphatic carbocycles. The second-order valence-electron chi connectivity index (χ2n) is 6.10. The fraction of sp³-hybridized carbons (Fsp3) is 0.412. The molecule has 1 heterocycles. The Morgan fingerprint density at radius 1 is 1.00 bits per heavy atom. The molecular formula is C17H19NO2. The van der Waals surface area contributed by atoms with Crippen molar-refractivity contribution >= 4 is 10.8 Å². The number of hydrogen-bond acceptors (Lipinski definition) is 3. The molecule has 2 aliphatic rings. The van der Waals surface area contributed by atoms with Crippen LogP contribution in [0.2, 0.25) is 0 Å². The van der Waals surface area contributed by atoms with Crippen molar-refractivity contribution in [3.8, 4) is 0 Å². The summed E-state index contributed by atoms with van der Waals surface area (Å²) < 4.78 is 0. The quantitative estimate of drug-likeness (QED) is 0.780. The van der Waals surface area contributed by atoms with E-state index < -0.39 is 5.79 Å². The highest BCUT2D eigenvalue weighted by molar-refractivity contribution is 5.91. The van der Waals surface area contributed by atoms with Gasteiger partial charge in [0.05, 0.1) is 0 Å². The molecule has 1 atom stereocenters. The Hall–Kier alpha value is -1.42. The van der Waals surface area contributed by atoms with Crippen LogP contribution in [0, 0.1) is 0 Å². The van der Waals surface area contributed by atoms with Crippen LogP contribution in [-0.2, 0) is 6.42 Å². The Labute approximate surface area is 118 Å². The van der Waals surface area contributed by atoms with Crippen molar-refractivity contribution in [3.63, 3.8) is 0 Å². The Balaban J connectivity index is 1.69. The summed E-state index contributed by atoms with van der Waals surface area (Å²) >= 11 is 0. The van der Waals surface area contributed by atoms with Crippen molar-refractivity contribution in [3.05, 3.63) is 47.5 Å². The van der Waals surface area contributed by atoms with Crippen LogP contribution in [0.5, 0.6) is 0 Å². The summed E-state index contributed by atoms with van der Waals surface area (Å²) in [5, 5.41) is 22.1. The highest BCUT2D eigenvalue weighted by Crippen LogP contribution is 2.41. The van der Waals surface area contributed by atoms with E-state index in [2.05, 4.69) is 41.3 Å². The van der Waals surface area contributed by atoms with Crippen LogP contribution in [0.25, 0.3) is 10.8 Å². The average Bonchev–Trinajstić information content (AvgIpc) is 2.81. The molecule has 104 valence electrons. The van der Waals surface area contributed by atoms with E-state index in [0.29, 0.717) is 18.9 Å². The number of nitrogens with zero attached hydrogens (tertiary/aromatic N) is 1. The van der Waals surface area contributed by atoms with E-state index >= 15 is 0 Å². The average molecular weight is 269 g/mol. The second-order valence-corrected chi connectivity index (χ2v) is 6.10. The standard InChI is InChI=1S/C17H19NO2/c19-17(20)7-9-18(10-8-17)15-11-13-5-1-3-12-4-2-6-14(15)16(12)13/h1-6,15,19-20H,7-11H2. The third-order valence-electron chi connectivity index (χ3n) is 4.84. The van der Waals surface area contributed by atoms with Crippen LogP contribution in [-0.4, -0.2) is 34.0 Å². The molecule has 0 bridgehead atoms.